The van der Waals surface area contributed by atoms with E-state index < -0.39 is 11.9 Å². The lowest BCUT2D eigenvalue weighted by molar-refractivity contribution is -0.147. The molecule has 1 atom stereocenters. The quantitative estimate of drug-likeness (QED) is 0.668. The molecule has 0 aromatic rings. The van der Waals surface area contributed by atoms with Gasteiger partial charge in [-0.05, 0) is 6.42 Å². The van der Waals surface area contributed by atoms with E-state index in [1.165, 1.54) is 11.3 Å². The van der Waals surface area contributed by atoms with Crippen molar-refractivity contribution in [2.75, 3.05) is 46.1 Å². The largest absolute Gasteiger partial charge is 0.378 e. The maximum atomic E-state index is 12.2. The van der Waals surface area contributed by atoms with Crippen molar-refractivity contribution in [2.45, 2.75) is 18.9 Å². The molecule has 2 aliphatic rings. The summed E-state index contributed by atoms with van der Waals surface area (Å²) >= 11 is 0. The molecule has 0 saturated carbocycles. The Balaban J connectivity index is 1.74. The van der Waals surface area contributed by atoms with Crippen LogP contribution in [0.2, 0.25) is 0 Å². The molecule has 8 nitrogen and oxygen atoms in total. The molecule has 2 N–H and O–H groups in total. The van der Waals surface area contributed by atoms with Crippen molar-refractivity contribution in [3.05, 3.63) is 6.42 Å². The van der Waals surface area contributed by atoms with E-state index in [1.54, 1.807) is 4.90 Å². The molecule has 0 bridgehead atoms. The molecule has 0 unspecified atom stereocenters. The fraction of sp³-hybridized carbons (Fsp3) is 0.714. The van der Waals surface area contributed by atoms with Crippen LogP contribution in [0.25, 0.3) is 0 Å². The van der Waals surface area contributed by atoms with Gasteiger partial charge in [-0.2, -0.15) is 0 Å². The van der Waals surface area contributed by atoms with Crippen LogP contribution in [0.5, 0.6) is 0 Å². The summed E-state index contributed by atoms with van der Waals surface area (Å²) in [6, 6.07) is -0.712. The van der Waals surface area contributed by atoms with Gasteiger partial charge >= 0.3 is 0 Å². The fourth-order valence-electron chi connectivity index (χ4n) is 2.51. The Morgan fingerprint density at radius 3 is 2.45 bits per heavy atom. The highest BCUT2D eigenvalue weighted by Crippen LogP contribution is 2.11. The zero-order valence-corrected chi connectivity index (χ0v) is 12.5. The Morgan fingerprint density at radius 1 is 1.09 bits per heavy atom. The van der Waals surface area contributed by atoms with E-state index >= 15 is 0 Å². The van der Waals surface area contributed by atoms with Gasteiger partial charge in [-0.1, -0.05) is 0 Å². The van der Waals surface area contributed by atoms with Crippen LogP contribution in [-0.4, -0.2) is 79.6 Å². The Morgan fingerprint density at radius 2 is 1.77 bits per heavy atom. The highest BCUT2D eigenvalue weighted by atomic mass is 16.5. The van der Waals surface area contributed by atoms with E-state index in [1.807, 2.05) is 0 Å². The van der Waals surface area contributed by atoms with E-state index in [0.29, 0.717) is 45.9 Å². The number of carbonyl (C=O) groups excluding carboxylic acids is 3. The van der Waals surface area contributed by atoms with E-state index in [9.17, 15) is 14.4 Å². The molecule has 3 amide bonds. The number of ether oxygens (including phenoxy) is 2. The first kappa shape index (κ1) is 16.7. The lowest BCUT2D eigenvalue weighted by atomic mass is 10.1. The van der Waals surface area contributed by atoms with Crippen molar-refractivity contribution in [1.82, 2.24) is 9.80 Å². The van der Waals surface area contributed by atoms with Crippen LogP contribution in [0, 0.1) is 6.42 Å². The summed E-state index contributed by atoms with van der Waals surface area (Å²) in [7, 11) is 0. The van der Waals surface area contributed by atoms with Gasteiger partial charge < -0.3 is 25.0 Å². The molecular weight excluding hydrogens is 290 g/mol. The van der Waals surface area contributed by atoms with E-state index in [-0.39, 0.29) is 24.8 Å². The normalized spacial score (nSPS) is 22.5. The zero-order valence-electron chi connectivity index (χ0n) is 12.5. The van der Waals surface area contributed by atoms with Gasteiger partial charge in [-0.3, -0.25) is 14.4 Å². The van der Waals surface area contributed by atoms with Crippen LogP contribution < -0.4 is 5.73 Å². The van der Waals surface area contributed by atoms with Crippen molar-refractivity contribution in [1.29, 1.82) is 0 Å². The third-order valence-electron chi connectivity index (χ3n) is 3.78. The van der Waals surface area contributed by atoms with E-state index in [4.69, 9.17) is 15.2 Å². The van der Waals surface area contributed by atoms with Crippen LogP contribution in [0.3, 0.4) is 0 Å². The number of rotatable bonds is 5. The Labute approximate surface area is 129 Å². The molecule has 2 rings (SSSR count). The minimum Gasteiger partial charge on any atom is -0.378 e. The average Bonchev–Trinajstić information content (AvgIpc) is 2.55. The SMILES string of the molecule is NC(=O)[C@@H]1COCCN1C(=O)CC[CH]C(=O)N1CCOCC1. The highest BCUT2D eigenvalue weighted by Gasteiger charge is 2.31. The molecular formula is C14H22N3O5. The Bertz CT molecular complexity index is 423. The van der Waals surface area contributed by atoms with Crippen LogP contribution in [-0.2, 0) is 23.9 Å². The first-order valence-corrected chi connectivity index (χ1v) is 7.46. The predicted molar refractivity (Wildman–Crippen MR) is 76.4 cm³/mol. The van der Waals surface area contributed by atoms with Gasteiger partial charge in [0.2, 0.25) is 17.7 Å². The van der Waals surface area contributed by atoms with Crippen LogP contribution in [0.15, 0.2) is 0 Å². The monoisotopic (exact) mass is 312 g/mol. The minimum absolute atomic E-state index is 0.0791. The summed E-state index contributed by atoms with van der Waals surface area (Å²) in [6.07, 6.45) is 2.04. The molecule has 0 aromatic carbocycles. The summed E-state index contributed by atoms with van der Waals surface area (Å²) in [5.41, 5.74) is 5.28. The lowest BCUT2D eigenvalue weighted by Crippen LogP contribution is -2.54. The van der Waals surface area contributed by atoms with Crippen molar-refractivity contribution in [3.63, 3.8) is 0 Å². The second-order valence-corrected chi connectivity index (χ2v) is 5.26. The van der Waals surface area contributed by atoms with E-state index in [0.717, 1.165) is 0 Å². The van der Waals surface area contributed by atoms with Gasteiger partial charge in [0, 0.05) is 26.1 Å². The van der Waals surface area contributed by atoms with Crippen LogP contribution in [0.4, 0.5) is 0 Å². The number of nitrogens with two attached hydrogens (primary N) is 1. The van der Waals surface area contributed by atoms with Crippen molar-refractivity contribution >= 4 is 17.7 Å². The Hall–Kier alpha value is -1.67. The van der Waals surface area contributed by atoms with Gasteiger partial charge in [0.1, 0.15) is 6.04 Å². The molecule has 2 aliphatic heterocycles. The van der Waals surface area contributed by atoms with Crippen molar-refractivity contribution in [3.8, 4) is 0 Å². The van der Waals surface area contributed by atoms with Gasteiger partial charge in [0.15, 0.2) is 0 Å². The number of amides is 3. The molecule has 2 saturated heterocycles. The molecule has 22 heavy (non-hydrogen) atoms. The molecule has 2 fully saturated rings. The maximum absolute atomic E-state index is 12.2. The topological polar surface area (TPSA) is 102 Å². The number of hydrogen-bond acceptors (Lipinski definition) is 5. The standard InChI is InChI=1S/C14H22N3O5/c15-14(20)11-10-22-9-6-17(11)13(19)3-1-2-12(18)16-4-7-21-8-5-16/h2,11H,1,3-10H2,(H2,15,20)/t11-/m0/s1. The molecule has 0 spiro atoms. The number of nitrogens with zero attached hydrogens (tertiary/aromatic N) is 2. The maximum Gasteiger partial charge on any atom is 0.242 e. The molecule has 123 valence electrons. The van der Waals surface area contributed by atoms with Crippen LogP contribution in [0.1, 0.15) is 12.8 Å². The lowest BCUT2D eigenvalue weighted by Gasteiger charge is -2.33. The molecule has 0 aliphatic carbocycles. The number of hydrogen-bond donors (Lipinski definition) is 1. The Kier molecular flexibility index (Phi) is 6.14. The summed E-state index contributed by atoms with van der Waals surface area (Å²) in [5.74, 6) is -0.830. The first-order chi connectivity index (χ1) is 10.6. The number of primary amides is 1. The van der Waals surface area contributed by atoms with Gasteiger partial charge in [-0.15, -0.1) is 0 Å². The smallest absolute Gasteiger partial charge is 0.242 e. The molecule has 2 heterocycles. The minimum atomic E-state index is -0.712. The van der Waals surface area contributed by atoms with Gasteiger partial charge in [0.25, 0.3) is 0 Å². The van der Waals surface area contributed by atoms with Gasteiger partial charge in [-0.25, -0.2) is 0 Å². The van der Waals surface area contributed by atoms with E-state index in [2.05, 4.69) is 0 Å². The van der Waals surface area contributed by atoms with Crippen LogP contribution >= 0.6 is 0 Å². The van der Waals surface area contributed by atoms with Crippen molar-refractivity contribution in [2.24, 2.45) is 5.73 Å². The first-order valence-electron chi connectivity index (χ1n) is 7.46. The predicted octanol–water partition coefficient (Wildman–Crippen LogP) is -1.46. The summed E-state index contributed by atoms with van der Waals surface area (Å²) in [4.78, 5) is 38.6. The molecule has 8 heteroatoms. The summed E-state index contributed by atoms with van der Waals surface area (Å²) in [5, 5.41) is 0. The summed E-state index contributed by atoms with van der Waals surface area (Å²) in [6.45, 7) is 3.14. The third kappa shape index (κ3) is 4.41. The average molecular weight is 312 g/mol. The molecule has 1 radical (unpaired) electrons. The second-order valence-electron chi connectivity index (χ2n) is 5.26. The van der Waals surface area contributed by atoms with Gasteiger partial charge in [0.05, 0.1) is 32.8 Å². The summed E-state index contributed by atoms with van der Waals surface area (Å²) < 4.78 is 10.4. The number of carbonyl (C=O) groups is 3. The van der Waals surface area contributed by atoms with Crippen molar-refractivity contribution < 1.29 is 23.9 Å². The highest BCUT2D eigenvalue weighted by molar-refractivity contribution is 5.88. The third-order valence-corrected chi connectivity index (χ3v) is 3.78. The zero-order chi connectivity index (χ0) is 15.9. The fourth-order valence-corrected chi connectivity index (χ4v) is 2.51. The second kappa shape index (κ2) is 8.09. The number of morpholine rings is 2. The molecule has 0 aromatic heterocycles.